The van der Waals surface area contributed by atoms with Crippen LogP contribution in [0.5, 0.6) is 0 Å². The van der Waals surface area contributed by atoms with Crippen LogP contribution in [0.4, 0.5) is 5.69 Å². The Hall–Kier alpha value is -1.56. The Morgan fingerprint density at radius 3 is 2.68 bits per heavy atom. The molecular weight excluding hydrogens is 389 g/mol. The number of fused-ring (bicyclic) bond motifs is 1. The number of anilines is 1. The predicted octanol–water partition coefficient (Wildman–Crippen LogP) is 3.80. The highest BCUT2D eigenvalue weighted by atomic mass is 127. The van der Waals surface area contributed by atoms with Crippen molar-refractivity contribution in [3.63, 3.8) is 0 Å². The lowest BCUT2D eigenvalue weighted by Crippen LogP contribution is -2.48. The molecule has 1 aliphatic rings. The van der Waals surface area contributed by atoms with Crippen LogP contribution in [0.2, 0.25) is 0 Å². The third-order valence-corrected chi connectivity index (χ3v) is 5.05. The van der Waals surface area contributed by atoms with Gasteiger partial charge in [-0.1, -0.05) is 36.4 Å². The van der Waals surface area contributed by atoms with E-state index in [4.69, 9.17) is 4.74 Å². The Bertz CT molecular complexity index is 674. The molecule has 22 heavy (non-hydrogen) atoms. The van der Waals surface area contributed by atoms with E-state index in [2.05, 4.69) is 46.1 Å². The summed E-state index contributed by atoms with van der Waals surface area (Å²) in [5.41, 5.74) is 2.65. The second kappa shape index (κ2) is 6.28. The molecular formula is C18H18INO2. The van der Waals surface area contributed by atoms with Crippen molar-refractivity contribution in [1.29, 1.82) is 0 Å². The average molecular weight is 407 g/mol. The number of hydrogen-bond donors (Lipinski definition) is 1. The zero-order chi connectivity index (χ0) is 15.6. The van der Waals surface area contributed by atoms with Crippen LogP contribution in [0.25, 0.3) is 0 Å². The van der Waals surface area contributed by atoms with Gasteiger partial charge in [0.05, 0.1) is 6.61 Å². The number of hydrogen-bond acceptors (Lipinski definition) is 3. The fraction of sp³-hybridized carbons (Fsp3) is 0.278. The first kappa shape index (κ1) is 15.3. The Morgan fingerprint density at radius 1 is 1.23 bits per heavy atom. The molecule has 2 aromatic rings. The molecule has 2 aromatic carbocycles. The summed E-state index contributed by atoms with van der Waals surface area (Å²) in [7, 11) is 0. The van der Waals surface area contributed by atoms with E-state index in [1.165, 1.54) is 9.13 Å². The van der Waals surface area contributed by atoms with Gasteiger partial charge in [0.15, 0.2) is 0 Å². The van der Waals surface area contributed by atoms with Gasteiger partial charge in [0.1, 0.15) is 5.54 Å². The topological polar surface area (TPSA) is 38.3 Å². The Labute approximate surface area is 144 Å². The fourth-order valence-corrected chi connectivity index (χ4v) is 3.54. The number of para-hydroxylation sites is 1. The molecule has 0 aliphatic carbocycles. The normalized spacial score (nSPS) is 19.4. The molecule has 114 valence electrons. The van der Waals surface area contributed by atoms with Crippen molar-refractivity contribution < 1.29 is 9.53 Å². The molecule has 1 aliphatic heterocycles. The number of halogens is 1. The Kier molecular flexibility index (Phi) is 4.38. The minimum Gasteiger partial charge on any atom is -0.464 e. The number of benzene rings is 2. The van der Waals surface area contributed by atoms with Crippen LogP contribution in [-0.2, 0) is 22.4 Å². The maximum atomic E-state index is 12.7. The lowest BCUT2D eigenvalue weighted by Gasteiger charge is -2.28. The minimum atomic E-state index is -0.707. The van der Waals surface area contributed by atoms with Gasteiger partial charge in [-0.25, -0.2) is 4.79 Å². The number of carbonyl (C=O) groups is 1. The lowest BCUT2D eigenvalue weighted by atomic mass is 9.88. The van der Waals surface area contributed by atoms with Crippen molar-refractivity contribution in [2.75, 3.05) is 11.9 Å². The smallest absolute Gasteiger partial charge is 0.332 e. The zero-order valence-electron chi connectivity index (χ0n) is 12.4. The van der Waals surface area contributed by atoms with Gasteiger partial charge in [-0.2, -0.15) is 0 Å². The summed E-state index contributed by atoms with van der Waals surface area (Å²) in [5, 5.41) is 3.43. The van der Waals surface area contributed by atoms with Gasteiger partial charge in [-0.3, -0.25) is 0 Å². The van der Waals surface area contributed by atoms with Gasteiger partial charge in [0.25, 0.3) is 0 Å². The maximum Gasteiger partial charge on any atom is 0.332 e. The van der Waals surface area contributed by atoms with Crippen molar-refractivity contribution in [2.24, 2.45) is 0 Å². The first-order valence-electron chi connectivity index (χ1n) is 7.41. The van der Waals surface area contributed by atoms with E-state index in [9.17, 15) is 4.79 Å². The third kappa shape index (κ3) is 2.84. The largest absolute Gasteiger partial charge is 0.464 e. The van der Waals surface area contributed by atoms with Crippen LogP contribution in [-0.4, -0.2) is 18.1 Å². The highest BCUT2D eigenvalue weighted by molar-refractivity contribution is 14.1. The molecule has 0 saturated carbocycles. The molecule has 0 spiro atoms. The van der Waals surface area contributed by atoms with Crippen molar-refractivity contribution in [3.05, 3.63) is 63.2 Å². The number of nitrogens with one attached hydrogen (secondary N) is 1. The van der Waals surface area contributed by atoms with Gasteiger partial charge < -0.3 is 10.1 Å². The standard InChI is InChI=1S/C18H18INO2/c1-2-22-17(21)18(11-13-7-3-5-9-15(13)19)12-14-8-4-6-10-16(14)20-18/h3-10,20H,2,11-12H2,1H3/t18-/m0/s1. The molecule has 1 N–H and O–H groups in total. The molecule has 3 rings (SSSR count). The molecule has 3 nitrogen and oxygen atoms in total. The summed E-state index contributed by atoms with van der Waals surface area (Å²) >= 11 is 2.32. The second-order valence-corrected chi connectivity index (χ2v) is 6.69. The Morgan fingerprint density at radius 2 is 1.95 bits per heavy atom. The summed E-state index contributed by atoms with van der Waals surface area (Å²) < 4.78 is 6.54. The van der Waals surface area contributed by atoms with Gasteiger partial charge in [-0.05, 0) is 52.8 Å². The average Bonchev–Trinajstić information content (AvgIpc) is 2.89. The molecule has 0 unspecified atom stereocenters. The van der Waals surface area contributed by atoms with Crippen molar-refractivity contribution >= 4 is 34.2 Å². The van der Waals surface area contributed by atoms with Crippen molar-refractivity contribution in [2.45, 2.75) is 25.3 Å². The van der Waals surface area contributed by atoms with E-state index in [1.54, 1.807) is 0 Å². The number of esters is 1. The van der Waals surface area contributed by atoms with E-state index >= 15 is 0 Å². The van der Waals surface area contributed by atoms with Gasteiger partial charge in [0, 0.05) is 22.1 Å². The molecule has 0 fully saturated rings. The van der Waals surface area contributed by atoms with Crippen LogP contribution in [0.15, 0.2) is 48.5 Å². The Balaban J connectivity index is 1.96. The number of carbonyl (C=O) groups excluding carboxylic acids is 1. The first-order chi connectivity index (χ1) is 10.6. The predicted molar refractivity (Wildman–Crippen MR) is 96.0 cm³/mol. The fourth-order valence-electron chi connectivity index (χ4n) is 2.96. The summed E-state index contributed by atoms with van der Waals surface area (Å²) in [5.74, 6) is -0.175. The van der Waals surface area contributed by atoms with Crippen molar-refractivity contribution in [1.82, 2.24) is 0 Å². The van der Waals surface area contributed by atoms with E-state index in [0.717, 1.165) is 11.3 Å². The van der Waals surface area contributed by atoms with E-state index in [0.29, 0.717) is 19.4 Å². The highest BCUT2D eigenvalue weighted by Gasteiger charge is 2.45. The van der Waals surface area contributed by atoms with Crippen LogP contribution in [0.3, 0.4) is 0 Å². The van der Waals surface area contributed by atoms with Gasteiger partial charge >= 0.3 is 5.97 Å². The second-order valence-electron chi connectivity index (χ2n) is 5.53. The summed E-state index contributed by atoms with van der Waals surface area (Å²) in [6, 6.07) is 16.3. The molecule has 0 saturated heterocycles. The van der Waals surface area contributed by atoms with E-state index in [1.807, 2.05) is 37.3 Å². The molecule has 0 radical (unpaired) electrons. The molecule has 0 amide bonds. The zero-order valence-corrected chi connectivity index (χ0v) is 14.6. The summed E-state index contributed by atoms with van der Waals surface area (Å²) in [4.78, 5) is 12.7. The van der Waals surface area contributed by atoms with Crippen LogP contribution >= 0.6 is 22.6 Å². The van der Waals surface area contributed by atoms with Crippen LogP contribution < -0.4 is 5.32 Å². The number of rotatable bonds is 4. The van der Waals surface area contributed by atoms with E-state index < -0.39 is 5.54 Å². The van der Waals surface area contributed by atoms with Crippen LogP contribution in [0.1, 0.15) is 18.1 Å². The van der Waals surface area contributed by atoms with Gasteiger partial charge in [0.2, 0.25) is 0 Å². The highest BCUT2D eigenvalue weighted by Crippen LogP contribution is 2.36. The lowest BCUT2D eigenvalue weighted by molar-refractivity contribution is -0.148. The molecule has 0 aromatic heterocycles. The molecule has 4 heteroatoms. The number of ether oxygens (including phenoxy) is 1. The van der Waals surface area contributed by atoms with Crippen molar-refractivity contribution in [3.8, 4) is 0 Å². The summed E-state index contributed by atoms with van der Waals surface area (Å²) in [6.07, 6.45) is 1.28. The SMILES string of the molecule is CCOC(=O)[C@]1(Cc2ccccc2I)Cc2ccccc2N1. The van der Waals surface area contributed by atoms with E-state index in [-0.39, 0.29) is 5.97 Å². The first-order valence-corrected chi connectivity index (χ1v) is 8.49. The monoisotopic (exact) mass is 407 g/mol. The minimum absolute atomic E-state index is 0.175. The quantitative estimate of drug-likeness (QED) is 0.619. The molecule has 1 heterocycles. The third-order valence-electron chi connectivity index (χ3n) is 4.00. The molecule has 0 bridgehead atoms. The van der Waals surface area contributed by atoms with Crippen LogP contribution in [0, 0.1) is 3.57 Å². The van der Waals surface area contributed by atoms with Gasteiger partial charge in [-0.15, -0.1) is 0 Å². The maximum absolute atomic E-state index is 12.7. The molecule has 1 atom stereocenters. The summed E-state index contributed by atoms with van der Waals surface area (Å²) in [6.45, 7) is 2.24.